The summed E-state index contributed by atoms with van der Waals surface area (Å²) >= 11 is 0. The highest BCUT2D eigenvalue weighted by Gasteiger charge is 2.31. The molecule has 2 rings (SSSR count). The Morgan fingerprint density at radius 1 is 1.45 bits per heavy atom. The Labute approximate surface area is 115 Å². The van der Waals surface area contributed by atoms with Crippen LogP contribution in [0.15, 0.2) is 35.5 Å². The van der Waals surface area contributed by atoms with Gasteiger partial charge in [-0.3, -0.25) is 0 Å². The molecular weight excluding hydrogens is 264 g/mol. The number of carboxylic acid groups (broad SMARTS) is 1. The summed E-state index contributed by atoms with van der Waals surface area (Å²) in [5.74, 6) is -1.89. The Hall–Kier alpha value is -2.41. The number of carbonyl (C=O) groups is 2. The molecule has 0 saturated heterocycles. The zero-order valence-corrected chi connectivity index (χ0v) is 10.6. The van der Waals surface area contributed by atoms with Crippen LogP contribution in [0.5, 0.6) is 0 Å². The van der Waals surface area contributed by atoms with E-state index in [1.54, 1.807) is 0 Å². The SMILES string of the molecule is NC(Cc1ccccc1)C(=O)OC1=NOC(C(=O)O)C1. The summed E-state index contributed by atoms with van der Waals surface area (Å²) in [4.78, 5) is 27.0. The molecule has 1 aromatic carbocycles. The quantitative estimate of drug-likeness (QED) is 0.765. The Morgan fingerprint density at radius 2 is 2.15 bits per heavy atom. The van der Waals surface area contributed by atoms with Gasteiger partial charge >= 0.3 is 11.9 Å². The summed E-state index contributed by atoms with van der Waals surface area (Å²) in [7, 11) is 0. The number of rotatable bonds is 4. The Balaban J connectivity index is 1.85. The molecule has 20 heavy (non-hydrogen) atoms. The van der Waals surface area contributed by atoms with Gasteiger partial charge in [0.2, 0.25) is 12.0 Å². The molecule has 1 aliphatic rings. The molecule has 3 N–H and O–H groups in total. The second-order valence-corrected chi connectivity index (χ2v) is 4.34. The van der Waals surface area contributed by atoms with Gasteiger partial charge in [0, 0.05) is 0 Å². The number of hydrogen-bond donors (Lipinski definition) is 2. The third-order valence-electron chi connectivity index (χ3n) is 2.74. The van der Waals surface area contributed by atoms with E-state index in [-0.39, 0.29) is 12.3 Å². The van der Waals surface area contributed by atoms with E-state index in [1.807, 2.05) is 30.3 Å². The Bertz CT molecular complexity index is 529. The van der Waals surface area contributed by atoms with Gasteiger partial charge in [0.15, 0.2) is 0 Å². The fraction of sp³-hybridized carbons (Fsp3) is 0.308. The van der Waals surface area contributed by atoms with Crippen molar-refractivity contribution in [1.29, 1.82) is 0 Å². The zero-order valence-electron chi connectivity index (χ0n) is 10.6. The molecular formula is C13H14N2O5. The molecule has 7 nitrogen and oxygen atoms in total. The highest BCUT2D eigenvalue weighted by Crippen LogP contribution is 2.12. The topological polar surface area (TPSA) is 111 Å². The lowest BCUT2D eigenvalue weighted by atomic mass is 10.1. The van der Waals surface area contributed by atoms with E-state index in [0.717, 1.165) is 5.56 Å². The number of aliphatic carboxylic acids is 1. The van der Waals surface area contributed by atoms with Crippen molar-refractivity contribution in [2.45, 2.75) is 25.0 Å². The maximum Gasteiger partial charge on any atom is 0.348 e. The number of ether oxygens (including phenoxy) is 1. The average Bonchev–Trinajstić information content (AvgIpc) is 2.88. The molecule has 0 amide bonds. The van der Waals surface area contributed by atoms with E-state index < -0.39 is 24.1 Å². The minimum atomic E-state index is -1.16. The van der Waals surface area contributed by atoms with Crippen LogP contribution in [0.3, 0.4) is 0 Å². The predicted octanol–water partition coefficient (Wildman–Crippen LogP) is 0.287. The summed E-state index contributed by atoms with van der Waals surface area (Å²) in [6.45, 7) is 0. The van der Waals surface area contributed by atoms with Crippen LogP contribution < -0.4 is 5.73 Å². The van der Waals surface area contributed by atoms with Crippen LogP contribution in [-0.2, 0) is 25.6 Å². The van der Waals surface area contributed by atoms with E-state index >= 15 is 0 Å². The molecule has 0 aliphatic carbocycles. The largest absolute Gasteiger partial charge is 0.478 e. The number of benzene rings is 1. The maximum absolute atomic E-state index is 11.7. The third-order valence-corrected chi connectivity index (χ3v) is 2.74. The Morgan fingerprint density at radius 3 is 2.75 bits per heavy atom. The van der Waals surface area contributed by atoms with Crippen LogP contribution in [0, 0.1) is 0 Å². The van der Waals surface area contributed by atoms with Gasteiger partial charge in [-0.15, -0.1) is 0 Å². The second-order valence-electron chi connectivity index (χ2n) is 4.34. The van der Waals surface area contributed by atoms with Crippen molar-refractivity contribution in [2.24, 2.45) is 10.9 Å². The highest BCUT2D eigenvalue weighted by atomic mass is 16.7. The van der Waals surface area contributed by atoms with Crippen LogP contribution >= 0.6 is 0 Å². The fourth-order valence-electron chi connectivity index (χ4n) is 1.69. The lowest BCUT2D eigenvalue weighted by molar-refractivity contribution is -0.148. The summed E-state index contributed by atoms with van der Waals surface area (Å²) < 4.78 is 4.92. The molecule has 2 atom stereocenters. The van der Waals surface area contributed by atoms with Gasteiger partial charge in [-0.05, 0) is 12.0 Å². The predicted molar refractivity (Wildman–Crippen MR) is 68.8 cm³/mol. The van der Waals surface area contributed by atoms with Crippen LogP contribution in [0.1, 0.15) is 12.0 Å². The molecule has 0 bridgehead atoms. The van der Waals surface area contributed by atoms with Gasteiger partial charge < -0.3 is 20.4 Å². The van der Waals surface area contributed by atoms with Gasteiger partial charge in [-0.2, -0.15) is 0 Å². The standard InChI is InChI=1S/C13H14N2O5/c14-9(6-8-4-2-1-3-5-8)13(18)19-11-7-10(12(16)17)20-15-11/h1-5,9-10H,6-7,14H2,(H,16,17). The van der Waals surface area contributed by atoms with Crippen LogP contribution in [-0.4, -0.2) is 35.1 Å². The smallest absolute Gasteiger partial charge is 0.348 e. The van der Waals surface area contributed by atoms with Crippen molar-refractivity contribution in [2.75, 3.05) is 0 Å². The number of oxime groups is 1. The van der Waals surface area contributed by atoms with Crippen molar-refractivity contribution in [3.05, 3.63) is 35.9 Å². The fourth-order valence-corrected chi connectivity index (χ4v) is 1.69. The van der Waals surface area contributed by atoms with Gasteiger partial charge in [0.1, 0.15) is 6.04 Å². The van der Waals surface area contributed by atoms with Gasteiger partial charge in [0.05, 0.1) is 6.42 Å². The minimum absolute atomic E-state index is 0.0640. The third kappa shape index (κ3) is 3.55. The first-order valence-electron chi connectivity index (χ1n) is 6.03. The number of hydrogen-bond acceptors (Lipinski definition) is 6. The summed E-state index contributed by atoms with van der Waals surface area (Å²) in [6, 6.07) is 8.42. The molecule has 106 valence electrons. The summed E-state index contributed by atoms with van der Waals surface area (Å²) in [5, 5.41) is 12.1. The molecule has 0 spiro atoms. The Kier molecular flexibility index (Phi) is 4.31. The number of esters is 1. The molecule has 1 aromatic rings. The van der Waals surface area contributed by atoms with Crippen molar-refractivity contribution >= 4 is 17.8 Å². The van der Waals surface area contributed by atoms with Gasteiger partial charge in [-0.25, -0.2) is 9.59 Å². The average molecular weight is 278 g/mol. The molecule has 0 fully saturated rings. The molecule has 1 aliphatic heterocycles. The normalized spacial score (nSPS) is 18.9. The van der Waals surface area contributed by atoms with Crippen LogP contribution in [0.4, 0.5) is 0 Å². The van der Waals surface area contributed by atoms with E-state index in [4.69, 9.17) is 15.6 Å². The molecule has 0 radical (unpaired) electrons. The van der Waals surface area contributed by atoms with E-state index in [2.05, 4.69) is 9.99 Å². The monoisotopic (exact) mass is 278 g/mol. The summed E-state index contributed by atoms with van der Waals surface area (Å²) in [6.07, 6.45) is -0.863. The minimum Gasteiger partial charge on any atom is -0.478 e. The number of carboxylic acids is 1. The first-order chi connectivity index (χ1) is 9.56. The van der Waals surface area contributed by atoms with Crippen molar-refractivity contribution in [3.63, 3.8) is 0 Å². The van der Waals surface area contributed by atoms with E-state index in [9.17, 15) is 9.59 Å². The lowest BCUT2D eigenvalue weighted by Gasteiger charge is -2.10. The maximum atomic E-state index is 11.7. The first-order valence-corrected chi connectivity index (χ1v) is 6.03. The van der Waals surface area contributed by atoms with Gasteiger partial charge in [0.25, 0.3) is 0 Å². The molecule has 7 heteroatoms. The van der Waals surface area contributed by atoms with Crippen molar-refractivity contribution < 1.29 is 24.3 Å². The molecule has 0 aromatic heterocycles. The first kappa shape index (κ1) is 14.0. The number of nitrogens with two attached hydrogens (primary N) is 1. The lowest BCUT2D eigenvalue weighted by Crippen LogP contribution is -2.35. The van der Waals surface area contributed by atoms with Crippen molar-refractivity contribution in [3.8, 4) is 0 Å². The van der Waals surface area contributed by atoms with Crippen molar-refractivity contribution in [1.82, 2.24) is 0 Å². The molecule has 1 heterocycles. The summed E-state index contributed by atoms with van der Waals surface area (Å²) in [5.41, 5.74) is 6.64. The molecule has 2 unspecified atom stereocenters. The second kappa shape index (κ2) is 6.16. The number of carbonyl (C=O) groups excluding carboxylic acids is 1. The van der Waals surface area contributed by atoms with E-state index in [0.29, 0.717) is 6.42 Å². The van der Waals surface area contributed by atoms with Gasteiger partial charge in [-0.1, -0.05) is 35.5 Å². The van der Waals surface area contributed by atoms with Crippen LogP contribution in [0.25, 0.3) is 0 Å². The van der Waals surface area contributed by atoms with E-state index in [1.165, 1.54) is 0 Å². The van der Waals surface area contributed by atoms with Crippen LogP contribution in [0.2, 0.25) is 0 Å². The highest BCUT2D eigenvalue weighted by molar-refractivity contribution is 5.94. The number of nitrogens with zero attached hydrogens (tertiary/aromatic N) is 1. The molecule has 0 saturated carbocycles. The zero-order chi connectivity index (χ0) is 14.5.